The van der Waals surface area contributed by atoms with Crippen LogP contribution in [-0.2, 0) is 4.79 Å². The summed E-state index contributed by atoms with van der Waals surface area (Å²) in [6, 6.07) is 0. The minimum Gasteiger partial charge on any atom is -0.392 e. The molecule has 3 saturated carbocycles. The number of rotatable bonds is 0. The number of ketones is 1. The Labute approximate surface area is 132 Å². The van der Waals surface area contributed by atoms with Crippen LogP contribution in [0.3, 0.4) is 0 Å². The van der Waals surface area contributed by atoms with Gasteiger partial charge in [-0.15, -0.1) is 0 Å². The lowest BCUT2D eigenvalue weighted by molar-refractivity contribution is -0.192. The molecule has 0 unspecified atom stereocenters. The maximum Gasteiger partial charge on any atom is 0.155 e. The molecule has 0 saturated heterocycles. The van der Waals surface area contributed by atoms with Gasteiger partial charge in [-0.25, -0.2) is 0 Å². The minimum atomic E-state index is -0.717. The van der Waals surface area contributed by atoms with Crippen LogP contribution in [-0.4, -0.2) is 27.7 Å². The summed E-state index contributed by atoms with van der Waals surface area (Å²) in [5.41, 5.74) is 0.360. The monoisotopic (exact) mass is 304 g/mol. The summed E-state index contributed by atoms with van der Waals surface area (Å²) in [6.45, 7) is 4.42. The minimum absolute atomic E-state index is 0.0848. The van der Waals surface area contributed by atoms with E-state index < -0.39 is 5.60 Å². The van der Waals surface area contributed by atoms with Gasteiger partial charge in [0.1, 0.15) is 0 Å². The third kappa shape index (κ3) is 1.62. The third-order valence-corrected chi connectivity index (χ3v) is 8.10. The third-order valence-electron chi connectivity index (χ3n) is 8.10. The first-order valence-corrected chi connectivity index (χ1v) is 8.96. The van der Waals surface area contributed by atoms with Crippen molar-refractivity contribution >= 4 is 5.78 Å². The molecule has 4 aliphatic rings. The molecular formula is C19H28O3. The van der Waals surface area contributed by atoms with Crippen LogP contribution in [0.4, 0.5) is 0 Å². The van der Waals surface area contributed by atoms with Gasteiger partial charge >= 0.3 is 0 Å². The van der Waals surface area contributed by atoms with Crippen LogP contribution in [0, 0.1) is 22.7 Å². The second-order valence-electron chi connectivity index (χ2n) is 8.74. The Kier molecular flexibility index (Phi) is 3.01. The lowest BCUT2D eigenvalue weighted by Crippen LogP contribution is -2.61. The van der Waals surface area contributed by atoms with Crippen molar-refractivity contribution in [1.82, 2.24) is 0 Å². The highest BCUT2D eigenvalue weighted by atomic mass is 16.3. The molecule has 0 radical (unpaired) electrons. The zero-order chi connectivity index (χ0) is 15.8. The van der Waals surface area contributed by atoms with Crippen molar-refractivity contribution < 1.29 is 15.0 Å². The van der Waals surface area contributed by atoms with E-state index in [-0.39, 0.29) is 28.6 Å². The van der Waals surface area contributed by atoms with Crippen LogP contribution in [0.25, 0.3) is 0 Å². The Bertz CT molecular complexity index is 553. The number of aliphatic hydroxyl groups excluding tert-OH is 1. The fourth-order valence-corrected chi connectivity index (χ4v) is 6.50. The van der Waals surface area contributed by atoms with Crippen molar-refractivity contribution in [1.29, 1.82) is 0 Å². The van der Waals surface area contributed by atoms with Crippen molar-refractivity contribution in [2.75, 3.05) is 0 Å². The van der Waals surface area contributed by atoms with E-state index in [4.69, 9.17) is 0 Å². The molecule has 0 aromatic heterocycles. The van der Waals surface area contributed by atoms with Gasteiger partial charge in [0, 0.05) is 11.8 Å². The average Bonchev–Trinajstić information content (AvgIpc) is 2.72. The van der Waals surface area contributed by atoms with Crippen LogP contribution >= 0.6 is 0 Å². The molecule has 0 bridgehead atoms. The fraction of sp³-hybridized carbons (Fsp3) is 0.842. The Morgan fingerprint density at radius 2 is 1.82 bits per heavy atom. The molecule has 22 heavy (non-hydrogen) atoms. The molecular weight excluding hydrogens is 276 g/mol. The SMILES string of the molecule is C[C@]12CCC(=O)C=C1CC[C@H]1[C@H]2CC[C@@]2(C)[C@@H](O)CC[C@]12O. The highest BCUT2D eigenvalue weighted by Crippen LogP contribution is 2.66. The van der Waals surface area contributed by atoms with Crippen molar-refractivity contribution in [2.45, 2.75) is 76.9 Å². The van der Waals surface area contributed by atoms with Crippen molar-refractivity contribution in [3.05, 3.63) is 11.6 Å². The molecule has 3 nitrogen and oxygen atoms in total. The summed E-state index contributed by atoms with van der Waals surface area (Å²) in [7, 11) is 0. The van der Waals surface area contributed by atoms with E-state index in [0.29, 0.717) is 12.3 Å². The van der Waals surface area contributed by atoms with Gasteiger partial charge in [0.25, 0.3) is 0 Å². The molecule has 122 valence electrons. The zero-order valence-electron chi connectivity index (χ0n) is 13.8. The highest BCUT2D eigenvalue weighted by molar-refractivity contribution is 5.91. The van der Waals surface area contributed by atoms with Gasteiger partial charge in [-0.2, -0.15) is 0 Å². The van der Waals surface area contributed by atoms with Crippen LogP contribution in [0.2, 0.25) is 0 Å². The summed E-state index contributed by atoms with van der Waals surface area (Å²) in [5, 5.41) is 22.0. The molecule has 0 aliphatic heterocycles. The second kappa shape index (κ2) is 4.45. The lowest BCUT2D eigenvalue weighted by atomic mass is 9.46. The van der Waals surface area contributed by atoms with E-state index in [1.165, 1.54) is 5.57 Å². The van der Waals surface area contributed by atoms with E-state index in [1.54, 1.807) is 0 Å². The van der Waals surface area contributed by atoms with Crippen LogP contribution in [0.1, 0.15) is 65.2 Å². The number of hydrogen-bond donors (Lipinski definition) is 2. The fourth-order valence-electron chi connectivity index (χ4n) is 6.50. The molecule has 0 aromatic carbocycles. The van der Waals surface area contributed by atoms with E-state index in [2.05, 4.69) is 13.8 Å². The van der Waals surface area contributed by atoms with Crippen molar-refractivity contribution in [3.8, 4) is 0 Å². The number of hydrogen-bond acceptors (Lipinski definition) is 3. The smallest absolute Gasteiger partial charge is 0.155 e. The Morgan fingerprint density at radius 1 is 1.05 bits per heavy atom. The molecule has 4 aliphatic carbocycles. The number of allylic oxidation sites excluding steroid dienone is 1. The summed E-state index contributed by atoms with van der Waals surface area (Å²) in [6.07, 6.45) is 8.49. The first-order chi connectivity index (χ1) is 10.3. The quantitative estimate of drug-likeness (QED) is 0.723. The molecule has 0 spiro atoms. The van der Waals surface area contributed by atoms with Crippen LogP contribution < -0.4 is 0 Å². The normalized spacial score (nSPS) is 54.3. The first kappa shape index (κ1) is 14.9. The second-order valence-corrected chi connectivity index (χ2v) is 8.74. The zero-order valence-corrected chi connectivity index (χ0v) is 13.8. The molecule has 2 N–H and O–H groups in total. The average molecular weight is 304 g/mol. The molecule has 0 amide bonds. The topological polar surface area (TPSA) is 57.5 Å². The Balaban J connectivity index is 1.74. The predicted molar refractivity (Wildman–Crippen MR) is 84.2 cm³/mol. The number of carbonyl (C=O) groups is 1. The Morgan fingerprint density at radius 3 is 2.59 bits per heavy atom. The largest absolute Gasteiger partial charge is 0.392 e. The van der Waals surface area contributed by atoms with Gasteiger partial charge in [-0.1, -0.05) is 19.4 Å². The van der Waals surface area contributed by atoms with Gasteiger partial charge < -0.3 is 10.2 Å². The van der Waals surface area contributed by atoms with E-state index >= 15 is 0 Å². The number of aliphatic hydroxyl groups is 2. The van der Waals surface area contributed by atoms with Gasteiger partial charge in [-0.05, 0) is 68.3 Å². The summed E-state index contributed by atoms with van der Waals surface area (Å²) in [5.74, 6) is 1.02. The first-order valence-electron chi connectivity index (χ1n) is 8.96. The van der Waals surface area contributed by atoms with Crippen LogP contribution in [0.5, 0.6) is 0 Å². The maximum absolute atomic E-state index is 11.8. The Hall–Kier alpha value is -0.670. The molecule has 0 aromatic rings. The van der Waals surface area contributed by atoms with E-state index in [1.807, 2.05) is 6.08 Å². The number of fused-ring (bicyclic) bond motifs is 5. The molecule has 6 atom stereocenters. The predicted octanol–water partition coefficient (Wildman–Crippen LogP) is 2.99. The highest BCUT2D eigenvalue weighted by Gasteiger charge is 2.66. The van der Waals surface area contributed by atoms with Gasteiger partial charge in [-0.3, -0.25) is 4.79 Å². The van der Waals surface area contributed by atoms with Gasteiger partial charge in [0.2, 0.25) is 0 Å². The molecule has 3 heteroatoms. The summed E-state index contributed by atoms with van der Waals surface area (Å²) in [4.78, 5) is 11.8. The number of carbonyl (C=O) groups excluding carboxylic acids is 1. The molecule has 3 fully saturated rings. The van der Waals surface area contributed by atoms with E-state index in [9.17, 15) is 15.0 Å². The van der Waals surface area contributed by atoms with Crippen molar-refractivity contribution in [3.63, 3.8) is 0 Å². The van der Waals surface area contributed by atoms with Gasteiger partial charge in [0.15, 0.2) is 5.78 Å². The maximum atomic E-state index is 11.8. The van der Waals surface area contributed by atoms with Gasteiger partial charge in [0.05, 0.1) is 11.7 Å². The summed E-state index contributed by atoms with van der Waals surface area (Å²) >= 11 is 0. The molecule has 0 heterocycles. The molecule has 4 rings (SSSR count). The lowest BCUT2D eigenvalue weighted by Gasteiger charge is -2.61. The van der Waals surface area contributed by atoms with Crippen molar-refractivity contribution in [2.24, 2.45) is 22.7 Å². The van der Waals surface area contributed by atoms with Crippen LogP contribution in [0.15, 0.2) is 11.6 Å². The summed E-state index contributed by atoms with van der Waals surface area (Å²) < 4.78 is 0. The van der Waals surface area contributed by atoms with E-state index in [0.717, 1.165) is 44.9 Å². The standard InChI is InChI=1S/C19H28O3/c1-17-8-5-13(20)11-12(17)3-4-15-14(17)6-9-18(2)16(21)7-10-19(15,18)22/h11,14-16,21-22H,3-10H2,1-2H3/t14-,15+,16+,17+,18+,19+/m1/s1.